The second-order valence-corrected chi connectivity index (χ2v) is 19.1. The molecule has 9 nitrogen and oxygen atoms in total. The Kier molecular flexibility index (Phi) is 7.47. The normalized spacial score (nSPS) is 31.4. The molecule has 132 valence electrons. The number of hydrogen-bond acceptors (Lipinski definition) is 9. The summed E-state index contributed by atoms with van der Waals surface area (Å²) in [6, 6.07) is 0. The van der Waals surface area contributed by atoms with Crippen LogP contribution in [0.15, 0.2) is 0 Å². The molecule has 4 N–H and O–H groups in total. The standard InChI is InChI=1S/C10H21AsO9S2/c1-11(2,21)3-7-8(13)9(14)10(20-7)18-4-6(12)5-19-22(15,16)17/h6-10,12-14H,3-5H2,1-2H3,(H,15,16,17)/t6?,7-,8-,9-,10-/m1/s1. The molecular formula is C10H21AsO9S2. The van der Waals surface area contributed by atoms with Gasteiger partial charge in [-0.2, -0.15) is 0 Å². The van der Waals surface area contributed by atoms with E-state index < -0.39 is 66.2 Å². The van der Waals surface area contributed by atoms with E-state index in [0.29, 0.717) is 5.21 Å². The molecule has 5 atom stereocenters. The molecule has 12 heteroatoms. The van der Waals surface area contributed by atoms with Crippen molar-refractivity contribution in [3.8, 4) is 0 Å². The molecule has 0 bridgehead atoms. The van der Waals surface area contributed by atoms with Gasteiger partial charge in [0, 0.05) is 0 Å². The Morgan fingerprint density at radius 2 is 1.86 bits per heavy atom. The zero-order valence-electron chi connectivity index (χ0n) is 12.1. The number of hydrogen-bond donors (Lipinski definition) is 4. The summed E-state index contributed by atoms with van der Waals surface area (Å²) < 4.78 is 43.5. The molecule has 1 heterocycles. The minimum atomic E-state index is -4.65. The molecule has 1 unspecified atom stereocenters. The Balaban J connectivity index is 2.45. The van der Waals surface area contributed by atoms with Crippen LogP contribution >= 0.6 is 10.4 Å². The molecule has 1 aliphatic rings. The maximum absolute atomic E-state index is 10.3. The van der Waals surface area contributed by atoms with Crippen molar-refractivity contribution in [3.63, 3.8) is 0 Å². The average Bonchev–Trinajstić information content (AvgIpc) is 2.59. The molecule has 0 radical (unpaired) electrons. The summed E-state index contributed by atoms with van der Waals surface area (Å²) in [7, 11) is 0.701. The average molecular weight is 424 g/mol. The monoisotopic (exact) mass is 424 g/mol. The van der Waals surface area contributed by atoms with Gasteiger partial charge >= 0.3 is 135 Å². The Morgan fingerprint density at radius 1 is 1.27 bits per heavy atom. The van der Waals surface area contributed by atoms with E-state index in [-0.39, 0.29) is 0 Å². The van der Waals surface area contributed by atoms with Gasteiger partial charge in [-0.1, -0.05) is 0 Å². The summed E-state index contributed by atoms with van der Waals surface area (Å²) >= 11 is -2.27. The predicted octanol–water partition coefficient (Wildman–Crippen LogP) is -0.967. The first-order valence-electron chi connectivity index (χ1n) is 6.36. The van der Waals surface area contributed by atoms with Crippen molar-refractivity contribution in [2.24, 2.45) is 0 Å². The van der Waals surface area contributed by atoms with Gasteiger partial charge in [-0.15, -0.1) is 0 Å². The SMILES string of the molecule is C[As](C)(=S)C[C@H]1O[C@@H](OCC(O)COS(=O)(=O)O)[C@H](O)[C@@H]1O. The third kappa shape index (κ3) is 7.35. The van der Waals surface area contributed by atoms with E-state index in [4.69, 9.17) is 24.4 Å². The second kappa shape index (κ2) is 8.02. The molecule has 22 heavy (non-hydrogen) atoms. The van der Waals surface area contributed by atoms with Crippen LogP contribution in [-0.2, 0) is 24.1 Å². The van der Waals surface area contributed by atoms with Gasteiger partial charge in [0.1, 0.15) is 0 Å². The van der Waals surface area contributed by atoms with Crippen molar-refractivity contribution in [1.29, 1.82) is 0 Å². The number of aliphatic hydroxyl groups is 3. The predicted molar refractivity (Wildman–Crippen MR) is 80.0 cm³/mol. The fourth-order valence-electron chi connectivity index (χ4n) is 1.85. The summed E-state index contributed by atoms with van der Waals surface area (Å²) in [4.78, 5) is 0. The summed E-state index contributed by atoms with van der Waals surface area (Å²) in [6.45, 7) is -1.12. The topological polar surface area (TPSA) is 143 Å². The molecular weight excluding hydrogens is 403 g/mol. The second-order valence-electron chi connectivity index (χ2n) is 5.48. The van der Waals surface area contributed by atoms with Crippen LogP contribution in [0.1, 0.15) is 0 Å². The van der Waals surface area contributed by atoms with Crippen molar-refractivity contribution in [2.45, 2.75) is 47.3 Å². The van der Waals surface area contributed by atoms with Gasteiger partial charge in [0.15, 0.2) is 0 Å². The van der Waals surface area contributed by atoms with Gasteiger partial charge in [-0.05, 0) is 0 Å². The fourth-order valence-corrected chi connectivity index (χ4v) is 5.40. The van der Waals surface area contributed by atoms with Gasteiger partial charge in [-0.3, -0.25) is 0 Å². The minimum absolute atomic E-state index is 0.409. The maximum atomic E-state index is 10.3. The zero-order valence-corrected chi connectivity index (χ0v) is 15.6. The summed E-state index contributed by atoms with van der Waals surface area (Å²) in [6.07, 6.45) is -5.58. The molecule has 1 rings (SSSR count). The number of aliphatic hydroxyl groups excluding tert-OH is 3. The molecule has 0 aromatic rings. The Hall–Kier alpha value is 0.448. The molecule has 1 aliphatic heterocycles. The van der Waals surface area contributed by atoms with Crippen LogP contribution in [0.25, 0.3) is 0 Å². The van der Waals surface area contributed by atoms with Crippen LogP contribution in [0, 0.1) is 0 Å². The molecule has 1 saturated heterocycles. The Labute approximate surface area is 135 Å². The van der Waals surface area contributed by atoms with Crippen LogP contribution in [-0.4, -0.2) is 84.1 Å². The van der Waals surface area contributed by atoms with E-state index in [0.717, 1.165) is 0 Å². The molecule has 0 spiro atoms. The molecule has 0 aromatic heterocycles. The van der Waals surface area contributed by atoms with Gasteiger partial charge < -0.3 is 0 Å². The van der Waals surface area contributed by atoms with E-state index >= 15 is 0 Å². The van der Waals surface area contributed by atoms with Gasteiger partial charge in [0.2, 0.25) is 0 Å². The Morgan fingerprint density at radius 3 is 2.36 bits per heavy atom. The Bertz CT molecular complexity index is 505. The number of rotatable bonds is 8. The molecule has 1 fully saturated rings. The molecule has 0 saturated carbocycles. The fraction of sp³-hybridized carbons (Fsp3) is 1.00. The van der Waals surface area contributed by atoms with Crippen LogP contribution in [0.2, 0.25) is 16.6 Å². The van der Waals surface area contributed by atoms with Crippen molar-refractivity contribution in [2.75, 3.05) is 13.2 Å². The van der Waals surface area contributed by atoms with E-state index in [9.17, 15) is 23.7 Å². The summed E-state index contributed by atoms with van der Waals surface area (Å²) in [5, 5.41) is 29.7. The zero-order chi connectivity index (χ0) is 17.1. The number of ether oxygens (including phenoxy) is 2. The van der Waals surface area contributed by atoms with E-state index in [1.807, 2.05) is 11.4 Å². The van der Waals surface area contributed by atoms with Crippen LogP contribution in [0.4, 0.5) is 0 Å². The van der Waals surface area contributed by atoms with Gasteiger partial charge in [-0.25, -0.2) is 0 Å². The molecule has 0 amide bonds. The van der Waals surface area contributed by atoms with Crippen molar-refractivity contribution in [3.05, 3.63) is 0 Å². The third-order valence-electron chi connectivity index (χ3n) is 2.80. The summed E-state index contributed by atoms with van der Waals surface area (Å²) in [5.41, 5.74) is 3.89. The van der Waals surface area contributed by atoms with E-state index in [2.05, 4.69) is 4.18 Å². The van der Waals surface area contributed by atoms with Crippen LogP contribution in [0.3, 0.4) is 0 Å². The van der Waals surface area contributed by atoms with Crippen molar-refractivity contribution in [1.82, 2.24) is 0 Å². The van der Waals surface area contributed by atoms with Crippen molar-refractivity contribution >= 4 is 32.7 Å². The first-order valence-corrected chi connectivity index (χ1v) is 15.5. The first kappa shape index (κ1) is 20.5. The van der Waals surface area contributed by atoms with Gasteiger partial charge in [0.25, 0.3) is 0 Å². The third-order valence-corrected chi connectivity index (χ3v) is 6.61. The molecule has 0 aliphatic carbocycles. The first-order chi connectivity index (χ1) is 9.89. The van der Waals surface area contributed by atoms with Crippen LogP contribution in [0.5, 0.6) is 0 Å². The van der Waals surface area contributed by atoms with Crippen molar-refractivity contribution < 1.29 is 41.9 Å². The summed E-state index contributed by atoms with van der Waals surface area (Å²) in [5.74, 6) is 0. The quantitative estimate of drug-likeness (QED) is 0.284. The van der Waals surface area contributed by atoms with Gasteiger partial charge in [0.05, 0.1) is 0 Å². The van der Waals surface area contributed by atoms with E-state index in [1.54, 1.807) is 0 Å². The van der Waals surface area contributed by atoms with Crippen LogP contribution < -0.4 is 0 Å². The van der Waals surface area contributed by atoms with E-state index in [1.165, 1.54) is 0 Å². The molecule has 0 aromatic carbocycles.